The van der Waals surface area contributed by atoms with Crippen LogP contribution in [0.5, 0.6) is 0 Å². The van der Waals surface area contributed by atoms with Gasteiger partial charge in [-0.3, -0.25) is 9.78 Å². The standard InChI is InChI=1S/C25H39N5O5S2/c1-15(2)23-28-19(13-36-23)11-30(6)24(33)29-22(18(5)31)21(32)9-16(3)7-8-17(4)27-25(34)35-12-20-10-26-14-37-20/h10,13-18,22,31H,7-9,11-12H2,1-6H3,(H,27,34)(H,29,33). The van der Waals surface area contributed by atoms with Crippen LogP contribution in [0.4, 0.5) is 9.59 Å². The first-order valence-electron chi connectivity index (χ1n) is 12.4. The minimum Gasteiger partial charge on any atom is -0.444 e. The van der Waals surface area contributed by atoms with Crippen LogP contribution < -0.4 is 10.6 Å². The number of aliphatic hydroxyl groups excluding tert-OH is 1. The maximum atomic E-state index is 12.9. The molecule has 0 aliphatic heterocycles. The van der Waals surface area contributed by atoms with Crippen molar-refractivity contribution in [2.75, 3.05) is 7.05 Å². The fraction of sp³-hybridized carbons (Fsp3) is 0.640. The van der Waals surface area contributed by atoms with Gasteiger partial charge in [-0.1, -0.05) is 20.8 Å². The number of thiazole rings is 2. The second-order valence-electron chi connectivity index (χ2n) is 9.80. The number of hydrogen-bond acceptors (Lipinski definition) is 9. The highest BCUT2D eigenvalue weighted by Crippen LogP contribution is 2.20. The Morgan fingerprint density at radius 3 is 2.43 bits per heavy atom. The van der Waals surface area contributed by atoms with Crippen molar-refractivity contribution in [2.24, 2.45) is 5.92 Å². The first kappa shape index (κ1) is 30.7. The van der Waals surface area contributed by atoms with Gasteiger partial charge in [0.05, 0.1) is 33.7 Å². The molecule has 4 unspecified atom stereocenters. The van der Waals surface area contributed by atoms with Gasteiger partial charge in [0.25, 0.3) is 0 Å². The Kier molecular flexibility index (Phi) is 12.4. The summed E-state index contributed by atoms with van der Waals surface area (Å²) in [6.07, 6.45) is 1.67. The zero-order valence-corrected chi connectivity index (χ0v) is 24.0. The third-order valence-corrected chi connectivity index (χ3v) is 7.70. The number of amides is 3. The molecule has 206 valence electrons. The van der Waals surface area contributed by atoms with Crippen LogP contribution in [0.15, 0.2) is 17.1 Å². The number of alkyl carbamates (subject to hydrolysis) is 1. The molecule has 2 heterocycles. The van der Waals surface area contributed by atoms with E-state index in [0.717, 1.165) is 15.6 Å². The second kappa shape index (κ2) is 15.0. The summed E-state index contributed by atoms with van der Waals surface area (Å²) in [7, 11) is 1.63. The lowest BCUT2D eigenvalue weighted by Crippen LogP contribution is -2.51. The van der Waals surface area contributed by atoms with Crippen molar-refractivity contribution < 1.29 is 24.2 Å². The van der Waals surface area contributed by atoms with E-state index in [1.54, 1.807) is 30.1 Å². The number of carbonyl (C=O) groups excluding carboxylic acids is 3. The third kappa shape index (κ3) is 10.7. The van der Waals surface area contributed by atoms with E-state index < -0.39 is 24.3 Å². The summed E-state index contributed by atoms with van der Waals surface area (Å²) in [6.45, 7) is 9.93. The van der Waals surface area contributed by atoms with E-state index in [-0.39, 0.29) is 30.8 Å². The maximum Gasteiger partial charge on any atom is 0.407 e. The van der Waals surface area contributed by atoms with Crippen LogP contribution in [-0.2, 0) is 22.7 Å². The van der Waals surface area contributed by atoms with Gasteiger partial charge in [0.1, 0.15) is 12.6 Å². The van der Waals surface area contributed by atoms with E-state index in [0.29, 0.717) is 25.3 Å². The van der Waals surface area contributed by atoms with E-state index in [1.807, 2.05) is 19.2 Å². The SMILES string of the molecule is CC(CCC(C)NC(=O)OCc1cncs1)CC(=O)C(NC(=O)N(C)Cc1csc(C(C)C)n1)C(C)O. The average molecular weight is 554 g/mol. The number of urea groups is 1. The molecule has 0 saturated heterocycles. The van der Waals surface area contributed by atoms with Crippen molar-refractivity contribution in [3.05, 3.63) is 32.7 Å². The van der Waals surface area contributed by atoms with Crippen molar-refractivity contribution in [2.45, 2.75) is 91.1 Å². The van der Waals surface area contributed by atoms with Crippen molar-refractivity contribution >= 4 is 40.6 Å². The second-order valence-corrected chi connectivity index (χ2v) is 11.7. The van der Waals surface area contributed by atoms with Crippen LogP contribution in [0.2, 0.25) is 0 Å². The Balaban J connectivity index is 1.76. The smallest absolute Gasteiger partial charge is 0.407 e. The summed E-state index contributed by atoms with van der Waals surface area (Å²) in [5, 5.41) is 18.6. The number of carbonyl (C=O) groups is 3. The molecule has 2 rings (SSSR count). The third-order valence-electron chi connectivity index (χ3n) is 5.75. The fourth-order valence-corrected chi connectivity index (χ4v) is 4.89. The molecule has 2 aromatic rings. The molecule has 12 heteroatoms. The van der Waals surface area contributed by atoms with Crippen molar-refractivity contribution in [3.8, 4) is 0 Å². The van der Waals surface area contributed by atoms with Crippen LogP contribution in [0.1, 0.15) is 75.4 Å². The first-order valence-corrected chi connectivity index (χ1v) is 14.2. The monoisotopic (exact) mass is 553 g/mol. The first-order chi connectivity index (χ1) is 17.5. The predicted octanol–water partition coefficient (Wildman–Crippen LogP) is 4.30. The van der Waals surface area contributed by atoms with Crippen molar-refractivity contribution in [1.29, 1.82) is 0 Å². The number of ether oxygens (including phenoxy) is 1. The van der Waals surface area contributed by atoms with E-state index in [4.69, 9.17) is 4.74 Å². The number of ketones is 1. The molecule has 0 aliphatic carbocycles. The Morgan fingerprint density at radius 2 is 1.84 bits per heavy atom. The Bertz CT molecular complexity index is 996. The number of aliphatic hydroxyl groups is 1. The molecule has 0 bridgehead atoms. The molecule has 0 radical (unpaired) electrons. The number of aromatic nitrogens is 2. The summed E-state index contributed by atoms with van der Waals surface area (Å²) in [5.74, 6) is 0.0915. The summed E-state index contributed by atoms with van der Waals surface area (Å²) in [5.41, 5.74) is 2.47. The molecule has 0 spiro atoms. The molecule has 3 amide bonds. The summed E-state index contributed by atoms with van der Waals surface area (Å²) in [4.78, 5) is 48.4. The topological polar surface area (TPSA) is 134 Å². The highest BCUT2D eigenvalue weighted by atomic mass is 32.1. The van der Waals surface area contributed by atoms with Gasteiger partial charge in [0, 0.05) is 37.0 Å². The minimum absolute atomic E-state index is 0.00491. The Hall–Kier alpha value is -2.57. The van der Waals surface area contributed by atoms with Gasteiger partial charge in [0.2, 0.25) is 0 Å². The molecule has 0 aromatic carbocycles. The molecule has 37 heavy (non-hydrogen) atoms. The minimum atomic E-state index is -1.03. The molecule has 3 N–H and O–H groups in total. The summed E-state index contributed by atoms with van der Waals surface area (Å²) >= 11 is 2.98. The van der Waals surface area contributed by atoms with Gasteiger partial charge in [0.15, 0.2) is 5.78 Å². The van der Waals surface area contributed by atoms with Crippen LogP contribution >= 0.6 is 22.7 Å². The van der Waals surface area contributed by atoms with Crippen molar-refractivity contribution in [1.82, 2.24) is 25.5 Å². The van der Waals surface area contributed by atoms with Gasteiger partial charge < -0.3 is 25.4 Å². The highest BCUT2D eigenvalue weighted by molar-refractivity contribution is 7.09. The molecule has 0 saturated carbocycles. The van der Waals surface area contributed by atoms with Gasteiger partial charge in [-0.2, -0.15) is 0 Å². The zero-order chi connectivity index (χ0) is 27.5. The maximum absolute atomic E-state index is 12.9. The Morgan fingerprint density at radius 1 is 1.11 bits per heavy atom. The molecule has 0 aliphatic rings. The molecule has 10 nitrogen and oxygen atoms in total. The Labute approximate surface area is 226 Å². The summed E-state index contributed by atoms with van der Waals surface area (Å²) in [6, 6.07) is -1.58. The van der Waals surface area contributed by atoms with E-state index in [1.165, 1.54) is 23.2 Å². The van der Waals surface area contributed by atoms with Crippen LogP contribution in [-0.4, -0.2) is 63.1 Å². The normalized spacial score (nSPS) is 14.5. The number of hydrogen-bond donors (Lipinski definition) is 3. The fourth-order valence-electron chi connectivity index (χ4n) is 3.56. The quantitative estimate of drug-likeness (QED) is 0.317. The van der Waals surface area contributed by atoms with Gasteiger partial charge in [-0.05, 0) is 32.6 Å². The zero-order valence-electron chi connectivity index (χ0n) is 22.4. The van der Waals surface area contributed by atoms with Gasteiger partial charge >= 0.3 is 12.1 Å². The number of nitrogens with zero attached hydrogens (tertiary/aromatic N) is 3. The number of Topliss-reactive ketones (excluding diaryl/α,β-unsaturated/α-hetero) is 1. The molecular weight excluding hydrogens is 514 g/mol. The number of rotatable bonds is 14. The lowest BCUT2D eigenvalue weighted by molar-refractivity contribution is -0.124. The van der Waals surface area contributed by atoms with E-state index >= 15 is 0 Å². The lowest BCUT2D eigenvalue weighted by Gasteiger charge is -2.25. The van der Waals surface area contributed by atoms with Gasteiger partial charge in [-0.25, -0.2) is 14.6 Å². The molecule has 2 aromatic heterocycles. The lowest BCUT2D eigenvalue weighted by atomic mass is 9.93. The predicted molar refractivity (Wildman–Crippen MR) is 145 cm³/mol. The number of nitrogens with one attached hydrogen (secondary N) is 2. The molecular formula is C25H39N5O5S2. The van der Waals surface area contributed by atoms with Crippen LogP contribution in [0.3, 0.4) is 0 Å². The van der Waals surface area contributed by atoms with Crippen LogP contribution in [0.25, 0.3) is 0 Å². The largest absolute Gasteiger partial charge is 0.444 e. The highest BCUT2D eigenvalue weighted by Gasteiger charge is 2.28. The summed E-state index contributed by atoms with van der Waals surface area (Å²) < 4.78 is 5.18. The van der Waals surface area contributed by atoms with E-state index in [9.17, 15) is 19.5 Å². The molecule has 4 atom stereocenters. The van der Waals surface area contributed by atoms with Gasteiger partial charge in [-0.15, -0.1) is 22.7 Å². The van der Waals surface area contributed by atoms with E-state index in [2.05, 4.69) is 34.4 Å². The average Bonchev–Trinajstić information content (AvgIpc) is 3.51. The van der Waals surface area contributed by atoms with Crippen molar-refractivity contribution in [3.63, 3.8) is 0 Å². The van der Waals surface area contributed by atoms with Crippen LogP contribution in [0, 0.1) is 5.92 Å². The molecule has 0 fully saturated rings.